The maximum atomic E-state index is 4.00. The van der Waals surface area contributed by atoms with Gasteiger partial charge in [-0.3, -0.25) is 0 Å². The van der Waals surface area contributed by atoms with Gasteiger partial charge in [0, 0.05) is 12.1 Å². The molecule has 3 rings (SSSR count). The smallest absolute Gasteiger partial charge is 0.0126 e. The second-order valence-electron chi connectivity index (χ2n) is 6.15. The van der Waals surface area contributed by atoms with Crippen LogP contribution in [0.3, 0.4) is 0 Å². The van der Waals surface area contributed by atoms with E-state index in [-0.39, 0.29) is 0 Å². The summed E-state index contributed by atoms with van der Waals surface area (Å²) in [6.07, 6.45) is 11.9. The second-order valence-corrected chi connectivity index (χ2v) is 6.15. The predicted molar refractivity (Wildman–Crippen MR) is 63.8 cm³/mol. The molecule has 3 fully saturated rings. The average Bonchev–Trinajstić information content (AvgIpc) is 3.12. The third-order valence-electron chi connectivity index (χ3n) is 4.50. The van der Waals surface area contributed by atoms with Crippen LogP contribution in [0, 0.1) is 17.8 Å². The molecule has 0 bridgehead atoms. The molecule has 0 saturated heterocycles. The molecule has 0 radical (unpaired) electrons. The van der Waals surface area contributed by atoms with Crippen LogP contribution in [-0.4, -0.2) is 12.1 Å². The van der Waals surface area contributed by atoms with Crippen molar-refractivity contribution in [2.75, 3.05) is 0 Å². The van der Waals surface area contributed by atoms with E-state index in [2.05, 4.69) is 12.2 Å². The highest BCUT2D eigenvalue weighted by Gasteiger charge is 2.42. The minimum absolute atomic E-state index is 0.837. The first-order chi connectivity index (χ1) is 7.36. The lowest BCUT2D eigenvalue weighted by atomic mass is 10.0. The molecule has 0 aromatic rings. The first-order valence-corrected chi connectivity index (χ1v) is 7.13. The Morgan fingerprint density at radius 1 is 1.00 bits per heavy atom. The van der Waals surface area contributed by atoms with Crippen LogP contribution in [0.2, 0.25) is 0 Å². The molecule has 0 heterocycles. The van der Waals surface area contributed by atoms with Crippen molar-refractivity contribution in [2.45, 2.75) is 70.4 Å². The van der Waals surface area contributed by atoms with Crippen LogP contribution in [0.1, 0.15) is 58.3 Å². The predicted octanol–water partition coefficient (Wildman–Crippen LogP) is 3.34. The normalized spacial score (nSPS) is 28.4. The zero-order valence-corrected chi connectivity index (χ0v) is 10.0. The molecular weight excluding hydrogens is 182 g/mol. The Labute approximate surface area is 94.0 Å². The van der Waals surface area contributed by atoms with Gasteiger partial charge in [0.25, 0.3) is 0 Å². The largest absolute Gasteiger partial charge is 0.311 e. The van der Waals surface area contributed by atoms with Gasteiger partial charge in [0.2, 0.25) is 0 Å². The van der Waals surface area contributed by atoms with Crippen LogP contribution >= 0.6 is 0 Å². The number of nitrogens with one attached hydrogen (secondary N) is 1. The molecule has 0 aliphatic heterocycles. The fourth-order valence-electron chi connectivity index (χ4n) is 2.95. The van der Waals surface area contributed by atoms with E-state index in [1.807, 2.05) is 0 Å². The van der Waals surface area contributed by atoms with Crippen molar-refractivity contribution >= 4 is 0 Å². The Balaban J connectivity index is 1.50. The summed E-state index contributed by atoms with van der Waals surface area (Å²) in [7, 11) is 0. The highest BCUT2D eigenvalue weighted by molar-refractivity contribution is 4.98. The van der Waals surface area contributed by atoms with Crippen molar-refractivity contribution in [2.24, 2.45) is 17.8 Å². The van der Waals surface area contributed by atoms with E-state index in [1.165, 1.54) is 51.4 Å². The summed E-state index contributed by atoms with van der Waals surface area (Å²) >= 11 is 0. The summed E-state index contributed by atoms with van der Waals surface area (Å²) in [5, 5.41) is 4.00. The van der Waals surface area contributed by atoms with Gasteiger partial charge in [-0.15, -0.1) is 0 Å². The first-order valence-electron chi connectivity index (χ1n) is 7.13. The van der Waals surface area contributed by atoms with Gasteiger partial charge in [0.15, 0.2) is 0 Å². The van der Waals surface area contributed by atoms with E-state index in [1.54, 1.807) is 0 Å². The highest BCUT2D eigenvalue weighted by atomic mass is 15.0. The summed E-state index contributed by atoms with van der Waals surface area (Å²) in [6.45, 7) is 2.36. The quantitative estimate of drug-likeness (QED) is 0.675. The summed E-state index contributed by atoms with van der Waals surface area (Å²) in [6, 6.07) is 1.75. The Morgan fingerprint density at radius 3 is 2.00 bits per heavy atom. The van der Waals surface area contributed by atoms with E-state index in [0.717, 1.165) is 29.8 Å². The van der Waals surface area contributed by atoms with Gasteiger partial charge in [0.1, 0.15) is 0 Å². The topological polar surface area (TPSA) is 12.0 Å². The molecule has 3 aliphatic rings. The van der Waals surface area contributed by atoms with E-state index in [0.29, 0.717) is 0 Å². The van der Waals surface area contributed by atoms with Crippen LogP contribution < -0.4 is 5.32 Å². The fourth-order valence-corrected chi connectivity index (χ4v) is 2.95. The third kappa shape index (κ3) is 2.75. The molecule has 15 heavy (non-hydrogen) atoms. The van der Waals surface area contributed by atoms with Crippen molar-refractivity contribution < 1.29 is 0 Å². The van der Waals surface area contributed by atoms with Crippen molar-refractivity contribution in [3.8, 4) is 0 Å². The lowest BCUT2D eigenvalue weighted by Gasteiger charge is -2.25. The first kappa shape index (κ1) is 10.1. The standard InChI is InChI=1S/C14H25N/c1-2-13(9-10-3-4-10)15-14(11-5-6-11)12-7-8-12/h10-15H,2-9H2,1H3. The molecule has 3 aliphatic carbocycles. The van der Waals surface area contributed by atoms with Gasteiger partial charge < -0.3 is 5.32 Å². The molecule has 0 aromatic heterocycles. The summed E-state index contributed by atoms with van der Waals surface area (Å²) < 4.78 is 0. The van der Waals surface area contributed by atoms with Gasteiger partial charge in [-0.25, -0.2) is 0 Å². The molecule has 3 saturated carbocycles. The van der Waals surface area contributed by atoms with Gasteiger partial charge in [-0.1, -0.05) is 19.8 Å². The number of hydrogen-bond donors (Lipinski definition) is 1. The van der Waals surface area contributed by atoms with Gasteiger partial charge in [-0.2, -0.15) is 0 Å². The molecule has 0 aromatic carbocycles. The maximum absolute atomic E-state index is 4.00. The molecular formula is C14H25N. The van der Waals surface area contributed by atoms with Crippen molar-refractivity contribution in [1.29, 1.82) is 0 Å². The SMILES string of the molecule is CCC(CC1CC1)NC(C1CC1)C1CC1. The van der Waals surface area contributed by atoms with Crippen LogP contribution in [-0.2, 0) is 0 Å². The van der Waals surface area contributed by atoms with E-state index in [9.17, 15) is 0 Å². The van der Waals surface area contributed by atoms with Crippen LogP contribution in [0.15, 0.2) is 0 Å². The van der Waals surface area contributed by atoms with E-state index >= 15 is 0 Å². The number of rotatable bonds is 7. The van der Waals surface area contributed by atoms with Crippen molar-refractivity contribution in [1.82, 2.24) is 5.32 Å². The molecule has 1 atom stereocenters. The average molecular weight is 207 g/mol. The molecule has 1 nitrogen and oxygen atoms in total. The Hall–Kier alpha value is -0.0400. The molecule has 1 heteroatoms. The lowest BCUT2D eigenvalue weighted by molar-refractivity contribution is 0.334. The van der Waals surface area contributed by atoms with E-state index in [4.69, 9.17) is 0 Å². The highest BCUT2D eigenvalue weighted by Crippen LogP contribution is 2.45. The Bertz CT molecular complexity index is 201. The fraction of sp³-hybridized carbons (Fsp3) is 1.00. The zero-order valence-electron chi connectivity index (χ0n) is 10.0. The maximum Gasteiger partial charge on any atom is 0.0126 e. The Morgan fingerprint density at radius 2 is 1.60 bits per heavy atom. The Kier molecular flexibility index (Phi) is 2.76. The van der Waals surface area contributed by atoms with Gasteiger partial charge in [0.05, 0.1) is 0 Å². The molecule has 0 spiro atoms. The molecule has 86 valence electrons. The van der Waals surface area contributed by atoms with Crippen LogP contribution in [0.5, 0.6) is 0 Å². The molecule has 1 unspecified atom stereocenters. The van der Waals surface area contributed by atoms with Gasteiger partial charge in [-0.05, 0) is 56.3 Å². The monoisotopic (exact) mass is 207 g/mol. The van der Waals surface area contributed by atoms with Crippen molar-refractivity contribution in [3.05, 3.63) is 0 Å². The zero-order chi connectivity index (χ0) is 10.3. The second kappa shape index (κ2) is 4.08. The summed E-state index contributed by atoms with van der Waals surface area (Å²) in [4.78, 5) is 0. The lowest BCUT2D eigenvalue weighted by Crippen LogP contribution is -2.41. The van der Waals surface area contributed by atoms with Crippen molar-refractivity contribution in [3.63, 3.8) is 0 Å². The van der Waals surface area contributed by atoms with Crippen LogP contribution in [0.25, 0.3) is 0 Å². The molecule has 0 amide bonds. The van der Waals surface area contributed by atoms with Crippen LogP contribution in [0.4, 0.5) is 0 Å². The van der Waals surface area contributed by atoms with E-state index < -0.39 is 0 Å². The summed E-state index contributed by atoms with van der Waals surface area (Å²) in [5.41, 5.74) is 0. The third-order valence-corrected chi connectivity index (χ3v) is 4.50. The van der Waals surface area contributed by atoms with Gasteiger partial charge >= 0.3 is 0 Å². The summed E-state index contributed by atoms with van der Waals surface area (Å²) in [5.74, 6) is 3.21. The minimum atomic E-state index is 0.837. The number of hydrogen-bond acceptors (Lipinski definition) is 1. The minimum Gasteiger partial charge on any atom is -0.311 e. The molecule has 1 N–H and O–H groups in total.